The van der Waals surface area contributed by atoms with Crippen LogP contribution in [-0.2, 0) is 0 Å². The Kier molecular flexibility index (Phi) is 5.20. The summed E-state index contributed by atoms with van der Waals surface area (Å²) in [6.45, 7) is 0. The molecule has 0 aliphatic carbocycles. The summed E-state index contributed by atoms with van der Waals surface area (Å²) in [4.78, 5) is 2.66. The molecule has 1 nitrogen and oxygen atoms in total. The number of rotatable bonds is 3. The van der Waals surface area contributed by atoms with E-state index in [-0.39, 0.29) is 0 Å². The smallest absolute Gasteiger partial charge is 0.136 e. The van der Waals surface area contributed by atoms with Gasteiger partial charge in [0.2, 0.25) is 0 Å². The number of furan rings is 1. The van der Waals surface area contributed by atoms with E-state index in [4.69, 9.17) is 4.42 Å². The van der Waals surface area contributed by atoms with Crippen molar-refractivity contribution in [3.63, 3.8) is 0 Å². The third kappa shape index (κ3) is 3.73. The first kappa shape index (κ1) is 23.6. The molecule has 0 radical (unpaired) electrons. The molecular formula is C40H24OS. The van der Waals surface area contributed by atoms with Gasteiger partial charge in [-0.05, 0) is 86.3 Å². The van der Waals surface area contributed by atoms with Gasteiger partial charge >= 0.3 is 0 Å². The third-order valence-corrected chi connectivity index (χ3v) is 9.64. The molecular weight excluding hydrogens is 529 g/mol. The zero-order valence-electron chi connectivity index (χ0n) is 22.7. The Morgan fingerprint density at radius 3 is 1.74 bits per heavy atom. The van der Waals surface area contributed by atoms with Crippen LogP contribution in [0.3, 0.4) is 0 Å². The van der Waals surface area contributed by atoms with E-state index in [1.165, 1.54) is 59.5 Å². The quantitative estimate of drug-likeness (QED) is 0.216. The molecule has 0 saturated heterocycles. The summed E-state index contributed by atoms with van der Waals surface area (Å²) in [5.41, 5.74) is 11.7. The van der Waals surface area contributed by atoms with Gasteiger partial charge in [-0.15, -0.1) is 0 Å². The average Bonchev–Trinajstić information content (AvgIpc) is 3.43. The Morgan fingerprint density at radius 2 is 0.976 bits per heavy atom. The third-order valence-electron chi connectivity index (χ3n) is 8.50. The molecule has 0 N–H and O–H groups in total. The molecule has 1 aromatic heterocycles. The first-order valence-electron chi connectivity index (χ1n) is 14.3. The zero-order chi connectivity index (χ0) is 27.6. The lowest BCUT2D eigenvalue weighted by molar-refractivity contribution is 0.669. The summed E-state index contributed by atoms with van der Waals surface area (Å²) < 4.78 is 6.11. The van der Waals surface area contributed by atoms with Crippen molar-refractivity contribution in [3.8, 4) is 44.5 Å². The Morgan fingerprint density at radius 1 is 0.381 bits per heavy atom. The Bertz CT molecular complexity index is 2300. The van der Waals surface area contributed by atoms with Crippen LogP contribution in [0, 0.1) is 0 Å². The molecule has 7 aromatic carbocycles. The van der Waals surface area contributed by atoms with E-state index < -0.39 is 0 Å². The van der Waals surface area contributed by atoms with Crippen molar-refractivity contribution in [2.45, 2.75) is 9.79 Å². The molecule has 0 atom stereocenters. The van der Waals surface area contributed by atoms with Crippen LogP contribution in [0.25, 0.3) is 77.2 Å². The van der Waals surface area contributed by atoms with Crippen LogP contribution >= 0.6 is 11.8 Å². The highest BCUT2D eigenvalue weighted by Crippen LogP contribution is 2.48. The average molecular weight is 553 g/mol. The maximum atomic E-state index is 6.11. The van der Waals surface area contributed by atoms with Gasteiger partial charge in [-0.25, -0.2) is 0 Å². The lowest BCUT2D eigenvalue weighted by atomic mass is 9.94. The molecule has 196 valence electrons. The van der Waals surface area contributed by atoms with Crippen LogP contribution in [0.1, 0.15) is 0 Å². The van der Waals surface area contributed by atoms with Crippen molar-refractivity contribution in [1.29, 1.82) is 0 Å². The van der Waals surface area contributed by atoms with E-state index in [0.29, 0.717) is 0 Å². The van der Waals surface area contributed by atoms with E-state index in [1.807, 2.05) is 23.9 Å². The fraction of sp³-hybridized carbons (Fsp3) is 0. The zero-order valence-corrected chi connectivity index (χ0v) is 23.5. The summed E-state index contributed by atoms with van der Waals surface area (Å²) >= 11 is 1.87. The van der Waals surface area contributed by atoms with Gasteiger partial charge in [-0.1, -0.05) is 121 Å². The van der Waals surface area contributed by atoms with Crippen LogP contribution in [0.5, 0.6) is 0 Å². The topological polar surface area (TPSA) is 13.1 Å². The lowest BCUT2D eigenvalue weighted by Crippen LogP contribution is -1.93. The van der Waals surface area contributed by atoms with Crippen molar-refractivity contribution >= 4 is 44.5 Å². The van der Waals surface area contributed by atoms with Gasteiger partial charge in [-0.2, -0.15) is 0 Å². The fourth-order valence-corrected chi connectivity index (χ4v) is 7.49. The second kappa shape index (κ2) is 9.24. The highest BCUT2D eigenvalue weighted by molar-refractivity contribution is 7.99. The summed E-state index contributed by atoms with van der Waals surface area (Å²) in [5, 5.41) is 4.99. The first-order chi connectivity index (χ1) is 20.8. The molecule has 0 fully saturated rings. The monoisotopic (exact) mass is 552 g/mol. The van der Waals surface area contributed by atoms with Crippen LogP contribution in [-0.4, -0.2) is 0 Å². The summed E-state index contributed by atoms with van der Waals surface area (Å²) in [5.74, 6) is 0. The molecule has 2 heterocycles. The lowest BCUT2D eigenvalue weighted by Gasteiger charge is -2.21. The number of hydrogen-bond donors (Lipinski definition) is 0. The van der Waals surface area contributed by atoms with E-state index in [1.54, 1.807) is 0 Å². The number of hydrogen-bond acceptors (Lipinski definition) is 2. The van der Waals surface area contributed by atoms with Gasteiger partial charge in [0, 0.05) is 25.9 Å². The van der Waals surface area contributed by atoms with Crippen molar-refractivity contribution in [2.75, 3.05) is 0 Å². The fourth-order valence-electron chi connectivity index (χ4n) is 6.36. The van der Waals surface area contributed by atoms with Gasteiger partial charge in [0.15, 0.2) is 0 Å². The number of fused-ring (bicyclic) bond motifs is 5. The van der Waals surface area contributed by atoms with Gasteiger partial charge in [0.1, 0.15) is 11.2 Å². The summed E-state index contributed by atoms with van der Waals surface area (Å²) in [6, 6.07) is 52.6. The normalized spacial score (nSPS) is 12.2. The van der Waals surface area contributed by atoms with E-state index in [0.717, 1.165) is 27.5 Å². The maximum absolute atomic E-state index is 6.11. The summed E-state index contributed by atoms with van der Waals surface area (Å²) in [7, 11) is 0. The van der Waals surface area contributed by atoms with Gasteiger partial charge in [0.05, 0.1) is 0 Å². The van der Waals surface area contributed by atoms with E-state index >= 15 is 0 Å². The predicted octanol–water partition coefficient (Wildman–Crippen LogP) is 11.9. The van der Waals surface area contributed by atoms with Crippen molar-refractivity contribution in [3.05, 3.63) is 146 Å². The molecule has 1 aliphatic heterocycles. The minimum Gasteiger partial charge on any atom is -0.456 e. The van der Waals surface area contributed by atoms with Crippen LogP contribution in [0.4, 0.5) is 0 Å². The van der Waals surface area contributed by atoms with Crippen LogP contribution < -0.4 is 0 Å². The van der Waals surface area contributed by atoms with Gasteiger partial charge < -0.3 is 4.42 Å². The second-order valence-corrected chi connectivity index (χ2v) is 12.0. The minimum atomic E-state index is 0.926. The van der Waals surface area contributed by atoms with Crippen molar-refractivity contribution in [2.24, 2.45) is 0 Å². The van der Waals surface area contributed by atoms with Crippen LogP contribution in [0.2, 0.25) is 0 Å². The summed E-state index contributed by atoms with van der Waals surface area (Å²) in [6.07, 6.45) is 0. The molecule has 0 saturated carbocycles. The molecule has 0 spiro atoms. The Hall–Kier alpha value is -5.05. The number of benzene rings is 7. The minimum absolute atomic E-state index is 0.926. The maximum Gasteiger partial charge on any atom is 0.136 e. The van der Waals surface area contributed by atoms with Gasteiger partial charge in [-0.3, -0.25) is 0 Å². The van der Waals surface area contributed by atoms with E-state index in [9.17, 15) is 0 Å². The number of para-hydroxylation sites is 1. The predicted molar refractivity (Wildman–Crippen MR) is 177 cm³/mol. The Balaban J connectivity index is 1.01. The van der Waals surface area contributed by atoms with Crippen LogP contribution in [0.15, 0.2) is 160 Å². The highest BCUT2D eigenvalue weighted by Gasteiger charge is 2.19. The van der Waals surface area contributed by atoms with Crippen molar-refractivity contribution < 1.29 is 4.42 Å². The largest absolute Gasteiger partial charge is 0.456 e. The molecule has 1 aliphatic rings. The molecule has 8 aromatic rings. The van der Waals surface area contributed by atoms with E-state index in [2.05, 4.69) is 133 Å². The molecule has 0 bridgehead atoms. The SMILES string of the molecule is c1cc2c3c(cccc3c1)-c1cc(-c3ccc(-c4ccc(-c5ccc6c(c5)oc5ccccc56)cc4)cc3)ccc1S2. The second-order valence-electron chi connectivity index (χ2n) is 10.9. The molecule has 0 amide bonds. The first-order valence-corrected chi connectivity index (χ1v) is 15.1. The standard InChI is InChI=1S/C40H24OS/c1-2-9-36-32(7-1)33-21-19-31(24-37(33)41-36)28-17-13-26(14-18-28)25-11-15-27(16-12-25)30-20-22-38-35(23-30)34-8-3-5-29-6-4-10-39(42-38)40(29)34/h1-24H. The molecule has 0 unspecified atom stereocenters. The molecule has 9 rings (SSSR count). The van der Waals surface area contributed by atoms with Crippen molar-refractivity contribution in [1.82, 2.24) is 0 Å². The Labute approximate surface area is 248 Å². The molecule has 2 heteroatoms. The van der Waals surface area contributed by atoms with Gasteiger partial charge in [0.25, 0.3) is 0 Å². The highest BCUT2D eigenvalue weighted by atomic mass is 32.2. The molecule has 42 heavy (non-hydrogen) atoms.